The third-order valence-electron chi connectivity index (χ3n) is 5.50. The zero-order valence-electron chi connectivity index (χ0n) is 15.7. The number of benzene rings is 1. The number of hydrogen-bond acceptors (Lipinski definition) is 6. The zero-order chi connectivity index (χ0) is 18.9. The van der Waals surface area contributed by atoms with Gasteiger partial charge < -0.3 is 10.6 Å². The van der Waals surface area contributed by atoms with Gasteiger partial charge >= 0.3 is 0 Å². The zero-order valence-corrected chi connectivity index (χ0v) is 16.5. The number of thiophene rings is 1. The quantitative estimate of drug-likeness (QED) is 0.746. The average Bonchev–Trinajstić information content (AvgIpc) is 3.15. The third-order valence-corrected chi connectivity index (χ3v) is 6.48. The van der Waals surface area contributed by atoms with Crippen molar-refractivity contribution in [1.82, 2.24) is 9.88 Å². The lowest BCUT2D eigenvalue weighted by atomic mass is 10.0. The number of anilines is 1. The molecule has 0 aliphatic carbocycles. The van der Waals surface area contributed by atoms with Crippen LogP contribution in [0.1, 0.15) is 21.6 Å². The van der Waals surface area contributed by atoms with E-state index in [0.717, 1.165) is 55.5 Å². The Hall–Kier alpha value is -2.70. The Bertz CT molecular complexity index is 1000. The first kappa shape index (κ1) is 17.4. The summed E-state index contributed by atoms with van der Waals surface area (Å²) < 4.78 is 0. The lowest BCUT2D eigenvalue weighted by molar-refractivity contribution is 0.249. The van der Waals surface area contributed by atoms with Gasteiger partial charge in [0.05, 0.1) is 10.6 Å². The van der Waals surface area contributed by atoms with Crippen molar-refractivity contribution in [3.63, 3.8) is 0 Å². The summed E-state index contributed by atoms with van der Waals surface area (Å²) in [6.45, 7) is 5.04. The second-order valence-electron chi connectivity index (χ2n) is 7.36. The predicted molar refractivity (Wildman–Crippen MR) is 116 cm³/mol. The molecular formula is C22H23N5S. The topological polar surface area (TPSA) is 57.8 Å². The predicted octanol–water partition coefficient (Wildman–Crippen LogP) is 3.41. The molecular weight excluding hydrogens is 366 g/mol. The van der Waals surface area contributed by atoms with Crippen LogP contribution in [0.15, 0.2) is 59.0 Å². The van der Waals surface area contributed by atoms with Crippen molar-refractivity contribution in [3.05, 3.63) is 75.6 Å². The first-order chi connectivity index (χ1) is 13.8. The summed E-state index contributed by atoms with van der Waals surface area (Å²) in [4.78, 5) is 15.2. The molecule has 0 bridgehead atoms. The molecule has 5 nitrogen and oxygen atoms in total. The largest absolute Gasteiger partial charge is 0.382 e. The van der Waals surface area contributed by atoms with Gasteiger partial charge in [-0.2, -0.15) is 0 Å². The Kier molecular flexibility index (Phi) is 4.58. The molecule has 0 spiro atoms. The van der Waals surface area contributed by atoms with Crippen LogP contribution in [0.25, 0.3) is 0 Å². The highest BCUT2D eigenvalue weighted by atomic mass is 32.1. The van der Waals surface area contributed by atoms with Gasteiger partial charge in [-0.05, 0) is 46.3 Å². The monoisotopic (exact) mass is 389 g/mol. The normalized spacial score (nSPS) is 16.9. The molecule has 142 valence electrons. The van der Waals surface area contributed by atoms with Gasteiger partial charge in [0, 0.05) is 45.3 Å². The molecule has 1 fully saturated rings. The van der Waals surface area contributed by atoms with Gasteiger partial charge in [0.2, 0.25) is 0 Å². The van der Waals surface area contributed by atoms with Crippen molar-refractivity contribution in [2.75, 3.05) is 31.1 Å². The van der Waals surface area contributed by atoms with Crippen LogP contribution in [0.2, 0.25) is 0 Å². The Balaban J connectivity index is 1.28. The summed E-state index contributed by atoms with van der Waals surface area (Å²) >= 11 is 1.67. The number of amidine groups is 1. The maximum Gasteiger partial charge on any atom is 0.141 e. The summed E-state index contributed by atoms with van der Waals surface area (Å²) in [5.74, 6) is 1.72. The summed E-state index contributed by atoms with van der Waals surface area (Å²) in [7, 11) is 0. The second kappa shape index (κ2) is 7.37. The molecule has 2 aliphatic rings. The Morgan fingerprint density at radius 3 is 2.71 bits per heavy atom. The Labute approximate surface area is 169 Å². The number of hydrogen-bond donors (Lipinski definition) is 1. The molecule has 0 atom stereocenters. The fourth-order valence-electron chi connectivity index (χ4n) is 3.98. The van der Waals surface area contributed by atoms with E-state index < -0.39 is 0 Å². The van der Waals surface area contributed by atoms with Crippen LogP contribution in [0, 0.1) is 0 Å². The number of nitrogens with two attached hydrogens (primary N) is 1. The van der Waals surface area contributed by atoms with Gasteiger partial charge in [-0.3, -0.25) is 4.90 Å². The summed E-state index contributed by atoms with van der Waals surface area (Å²) in [5, 5.41) is 2.09. The molecule has 5 rings (SSSR count). The number of aliphatic imine (C=N–C) groups is 1. The maximum absolute atomic E-state index is 6.25. The fraction of sp³-hybridized carbons (Fsp3) is 0.273. The average molecular weight is 390 g/mol. The van der Waals surface area contributed by atoms with Gasteiger partial charge in [-0.25, -0.2) is 9.98 Å². The van der Waals surface area contributed by atoms with E-state index in [-0.39, 0.29) is 0 Å². The minimum absolute atomic E-state index is 0.643. The van der Waals surface area contributed by atoms with Crippen LogP contribution in [-0.2, 0) is 13.0 Å². The van der Waals surface area contributed by atoms with E-state index in [4.69, 9.17) is 10.7 Å². The number of pyridine rings is 1. The van der Waals surface area contributed by atoms with E-state index in [9.17, 15) is 0 Å². The minimum Gasteiger partial charge on any atom is -0.382 e. The van der Waals surface area contributed by atoms with Gasteiger partial charge in [-0.1, -0.05) is 18.2 Å². The minimum atomic E-state index is 0.643. The van der Waals surface area contributed by atoms with Crippen molar-refractivity contribution >= 4 is 28.7 Å². The van der Waals surface area contributed by atoms with Crippen LogP contribution in [0.5, 0.6) is 0 Å². The van der Waals surface area contributed by atoms with Crippen LogP contribution in [0.3, 0.4) is 0 Å². The van der Waals surface area contributed by atoms with E-state index in [0.29, 0.717) is 5.84 Å². The van der Waals surface area contributed by atoms with Crippen LogP contribution >= 0.6 is 11.3 Å². The van der Waals surface area contributed by atoms with Gasteiger partial charge in [0.1, 0.15) is 11.7 Å². The molecule has 3 aromatic rings. The molecule has 0 unspecified atom stereocenters. The molecule has 0 radical (unpaired) electrons. The van der Waals surface area contributed by atoms with Crippen LogP contribution in [0.4, 0.5) is 11.5 Å². The molecule has 2 aromatic heterocycles. The van der Waals surface area contributed by atoms with E-state index in [2.05, 4.69) is 56.6 Å². The number of piperazine rings is 1. The fourth-order valence-corrected chi connectivity index (χ4v) is 4.81. The molecule has 6 heteroatoms. The van der Waals surface area contributed by atoms with Crippen molar-refractivity contribution in [2.24, 2.45) is 10.7 Å². The van der Waals surface area contributed by atoms with Crippen LogP contribution < -0.4 is 10.6 Å². The first-order valence-electron chi connectivity index (χ1n) is 9.67. The number of nitrogens with zero attached hydrogens (tertiary/aromatic N) is 4. The highest BCUT2D eigenvalue weighted by Crippen LogP contribution is 2.31. The van der Waals surface area contributed by atoms with Crippen molar-refractivity contribution in [1.29, 1.82) is 0 Å². The second-order valence-corrected chi connectivity index (χ2v) is 8.28. The molecule has 1 aromatic carbocycles. The molecule has 0 amide bonds. The first-order valence-corrected chi connectivity index (χ1v) is 10.6. The summed E-state index contributed by atoms with van der Waals surface area (Å²) in [6.07, 6.45) is 2.77. The standard InChI is InChI=1S/C22H23N5S/c23-22-21-18(6-12-28-21)14-17-5-4-16(13-19(17)25-22)15-26-8-10-27(11-9-26)20-3-1-2-7-24-20/h1-7,12-13H,8-11,14-15H2,(H2,23,25). The molecule has 4 heterocycles. The molecule has 28 heavy (non-hydrogen) atoms. The van der Waals surface area contributed by atoms with E-state index in [1.807, 2.05) is 12.3 Å². The van der Waals surface area contributed by atoms with Gasteiger partial charge in [-0.15, -0.1) is 11.3 Å². The number of rotatable bonds is 3. The molecule has 2 N–H and O–H groups in total. The lowest BCUT2D eigenvalue weighted by Crippen LogP contribution is -2.46. The van der Waals surface area contributed by atoms with Gasteiger partial charge in [0.25, 0.3) is 0 Å². The Morgan fingerprint density at radius 2 is 1.89 bits per heavy atom. The highest BCUT2D eigenvalue weighted by molar-refractivity contribution is 7.12. The smallest absolute Gasteiger partial charge is 0.141 e. The molecule has 0 saturated carbocycles. The number of fused-ring (bicyclic) bond motifs is 2. The van der Waals surface area contributed by atoms with Crippen LogP contribution in [-0.4, -0.2) is 41.9 Å². The van der Waals surface area contributed by atoms with Crippen molar-refractivity contribution < 1.29 is 0 Å². The summed E-state index contributed by atoms with van der Waals surface area (Å²) in [6, 6.07) is 14.9. The van der Waals surface area contributed by atoms with Crippen molar-refractivity contribution in [2.45, 2.75) is 13.0 Å². The summed E-state index contributed by atoms with van der Waals surface area (Å²) in [5.41, 5.74) is 11.1. The number of aromatic nitrogens is 1. The maximum atomic E-state index is 6.25. The van der Waals surface area contributed by atoms with Crippen molar-refractivity contribution in [3.8, 4) is 0 Å². The van der Waals surface area contributed by atoms with E-state index in [1.165, 1.54) is 16.7 Å². The van der Waals surface area contributed by atoms with E-state index in [1.54, 1.807) is 11.3 Å². The van der Waals surface area contributed by atoms with E-state index >= 15 is 0 Å². The highest BCUT2D eigenvalue weighted by Gasteiger charge is 2.20. The third kappa shape index (κ3) is 3.41. The SMILES string of the molecule is NC1=Nc2cc(CN3CCN(c4ccccn4)CC3)ccc2Cc2ccsc21. The molecule has 1 saturated heterocycles. The Morgan fingerprint density at radius 1 is 1.00 bits per heavy atom. The van der Waals surface area contributed by atoms with Gasteiger partial charge in [0.15, 0.2) is 0 Å². The molecule has 2 aliphatic heterocycles. The lowest BCUT2D eigenvalue weighted by Gasteiger charge is -2.35.